The summed E-state index contributed by atoms with van der Waals surface area (Å²) < 4.78 is 0. The van der Waals surface area contributed by atoms with Crippen LogP contribution < -0.4 is 11.1 Å². The first-order valence-corrected chi connectivity index (χ1v) is 9.57. The smallest absolute Gasteiger partial charge is 0.236 e. The van der Waals surface area contributed by atoms with Crippen LogP contribution in [0.3, 0.4) is 0 Å². The van der Waals surface area contributed by atoms with Crippen molar-refractivity contribution in [2.24, 2.45) is 11.1 Å². The molecule has 144 valence electrons. The average Bonchev–Trinajstić information content (AvgIpc) is 2.53. The van der Waals surface area contributed by atoms with E-state index in [2.05, 4.69) is 51.2 Å². The predicted octanol–water partition coefficient (Wildman–Crippen LogP) is 4.98. The second-order valence-corrected chi connectivity index (χ2v) is 8.02. The highest BCUT2D eigenvalue weighted by molar-refractivity contribution is 5.81. The lowest BCUT2D eigenvalue weighted by Gasteiger charge is -2.32. The zero-order chi connectivity index (χ0) is 19.7. The zero-order valence-corrected chi connectivity index (χ0v) is 17.4. The summed E-state index contributed by atoms with van der Waals surface area (Å²) in [6.45, 7) is 13.3. The summed E-state index contributed by atoms with van der Waals surface area (Å²) in [5.74, 6) is -0.130. The van der Waals surface area contributed by atoms with Crippen LogP contribution in [0.15, 0.2) is 58.7 Å². The highest BCUT2D eigenvalue weighted by Crippen LogP contribution is 2.40. The fourth-order valence-electron chi connectivity index (χ4n) is 3.17. The van der Waals surface area contributed by atoms with Gasteiger partial charge in [0.2, 0.25) is 5.91 Å². The Hall–Kier alpha value is -1.87. The maximum Gasteiger partial charge on any atom is 0.236 e. The third-order valence-electron chi connectivity index (χ3n) is 4.89. The molecule has 0 saturated carbocycles. The van der Waals surface area contributed by atoms with Crippen LogP contribution in [0, 0.1) is 5.41 Å². The number of carbonyl (C=O) groups is 1. The van der Waals surface area contributed by atoms with Crippen LogP contribution in [0.1, 0.15) is 60.8 Å². The first kappa shape index (κ1) is 22.2. The van der Waals surface area contributed by atoms with Crippen LogP contribution in [0.4, 0.5) is 0 Å². The van der Waals surface area contributed by atoms with E-state index in [9.17, 15) is 4.79 Å². The molecule has 0 aliphatic heterocycles. The molecule has 1 rings (SSSR count). The molecule has 0 unspecified atom stereocenters. The van der Waals surface area contributed by atoms with Crippen LogP contribution in [0.25, 0.3) is 0 Å². The van der Waals surface area contributed by atoms with Crippen molar-refractivity contribution in [3.05, 3.63) is 58.7 Å². The lowest BCUT2D eigenvalue weighted by molar-refractivity contribution is -0.121. The standard InChI is InChI=1S/C23H36N2O/c1-17(12-13-21-19(3)11-8-15-23(21,5)6)9-7-10-18(2)14-16-25-22(26)20(4)24/h7,9-10,12-14,20H,8,11,15-16,24H2,1-6H3,(H,25,26)/t20-/m0/s1. The van der Waals surface area contributed by atoms with Crippen molar-refractivity contribution in [2.45, 2.75) is 66.8 Å². The molecular formula is C23H36N2O. The van der Waals surface area contributed by atoms with Gasteiger partial charge < -0.3 is 11.1 Å². The van der Waals surface area contributed by atoms with Gasteiger partial charge in [0.05, 0.1) is 6.04 Å². The van der Waals surface area contributed by atoms with E-state index in [1.54, 1.807) is 6.92 Å². The van der Waals surface area contributed by atoms with E-state index >= 15 is 0 Å². The van der Waals surface area contributed by atoms with Gasteiger partial charge in [-0.1, -0.05) is 67.0 Å². The summed E-state index contributed by atoms with van der Waals surface area (Å²) in [7, 11) is 0. The fourth-order valence-corrected chi connectivity index (χ4v) is 3.17. The van der Waals surface area contributed by atoms with Gasteiger partial charge in [-0.15, -0.1) is 0 Å². The van der Waals surface area contributed by atoms with Gasteiger partial charge in [-0.05, 0) is 57.9 Å². The molecule has 1 aliphatic rings. The minimum absolute atomic E-state index is 0.130. The normalized spacial score (nSPS) is 20.1. The number of nitrogens with two attached hydrogens (primary N) is 1. The third kappa shape index (κ3) is 7.57. The van der Waals surface area contributed by atoms with Gasteiger partial charge >= 0.3 is 0 Å². The SMILES string of the molecule is CC(C=CC1=C(C)CCCC1(C)C)=CC=CC(C)=CCNC(=O)[C@H](C)N. The second kappa shape index (κ2) is 10.3. The minimum atomic E-state index is -0.468. The van der Waals surface area contributed by atoms with Crippen LogP contribution in [0.5, 0.6) is 0 Å². The van der Waals surface area contributed by atoms with Crippen molar-refractivity contribution >= 4 is 5.91 Å². The number of hydrogen-bond donors (Lipinski definition) is 2. The molecule has 1 aliphatic carbocycles. The van der Waals surface area contributed by atoms with Crippen LogP contribution >= 0.6 is 0 Å². The minimum Gasteiger partial charge on any atom is -0.351 e. The third-order valence-corrected chi connectivity index (χ3v) is 4.89. The Kier molecular flexibility index (Phi) is 8.80. The van der Waals surface area contributed by atoms with E-state index in [-0.39, 0.29) is 11.3 Å². The monoisotopic (exact) mass is 356 g/mol. The number of rotatable bonds is 7. The maximum absolute atomic E-state index is 11.4. The predicted molar refractivity (Wildman–Crippen MR) is 113 cm³/mol. The number of hydrogen-bond acceptors (Lipinski definition) is 2. The summed E-state index contributed by atoms with van der Waals surface area (Å²) in [6, 6.07) is -0.468. The van der Waals surface area contributed by atoms with Crippen molar-refractivity contribution in [3.8, 4) is 0 Å². The fraction of sp³-hybridized carbons (Fsp3) is 0.522. The molecule has 0 spiro atoms. The lowest BCUT2D eigenvalue weighted by atomic mass is 9.72. The Morgan fingerprint density at radius 3 is 2.58 bits per heavy atom. The van der Waals surface area contributed by atoms with E-state index in [0.29, 0.717) is 6.54 Å². The number of amides is 1. The van der Waals surface area contributed by atoms with E-state index in [0.717, 1.165) is 5.57 Å². The second-order valence-electron chi connectivity index (χ2n) is 8.02. The summed E-state index contributed by atoms with van der Waals surface area (Å²) in [5.41, 5.74) is 11.1. The molecule has 0 aromatic heterocycles. The molecule has 0 aromatic carbocycles. The Balaban J connectivity index is 2.62. The molecular weight excluding hydrogens is 320 g/mol. The number of nitrogens with one attached hydrogen (secondary N) is 1. The highest BCUT2D eigenvalue weighted by atomic mass is 16.2. The van der Waals surface area contributed by atoms with Gasteiger partial charge in [0.15, 0.2) is 0 Å². The molecule has 3 nitrogen and oxygen atoms in total. The molecule has 3 heteroatoms. The summed E-state index contributed by atoms with van der Waals surface area (Å²) in [4.78, 5) is 11.4. The van der Waals surface area contributed by atoms with E-state index in [1.165, 1.54) is 36.0 Å². The van der Waals surface area contributed by atoms with E-state index in [1.807, 2.05) is 25.2 Å². The van der Waals surface area contributed by atoms with E-state index < -0.39 is 6.04 Å². The first-order chi connectivity index (χ1) is 12.1. The Morgan fingerprint density at radius 2 is 1.96 bits per heavy atom. The molecule has 3 N–H and O–H groups in total. The molecule has 0 bridgehead atoms. The molecule has 0 radical (unpaired) electrons. The van der Waals surface area contributed by atoms with Crippen LogP contribution in [-0.2, 0) is 4.79 Å². The number of allylic oxidation sites excluding steroid dienone is 9. The quantitative estimate of drug-likeness (QED) is 0.632. The zero-order valence-electron chi connectivity index (χ0n) is 17.4. The van der Waals surface area contributed by atoms with Crippen molar-refractivity contribution < 1.29 is 4.79 Å². The van der Waals surface area contributed by atoms with Crippen LogP contribution in [-0.4, -0.2) is 18.5 Å². The highest BCUT2D eigenvalue weighted by Gasteiger charge is 2.26. The molecule has 0 fully saturated rings. The molecule has 1 amide bonds. The van der Waals surface area contributed by atoms with Crippen molar-refractivity contribution in [1.82, 2.24) is 5.32 Å². The topological polar surface area (TPSA) is 55.1 Å². The van der Waals surface area contributed by atoms with Crippen molar-refractivity contribution in [2.75, 3.05) is 6.54 Å². The maximum atomic E-state index is 11.4. The largest absolute Gasteiger partial charge is 0.351 e. The Labute approximate surface area is 159 Å². The van der Waals surface area contributed by atoms with Gasteiger partial charge in [0, 0.05) is 6.54 Å². The average molecular weight is 357 g/mol. The molecule has 26 heavy (non-hydrogen) atoms. The van der Waals surface area contributed by atoms with Gasteiger partial charge in [0.1, 0.15) is 0 Å². The molecule has 0 heterocycles. The van der Waals surface area contributed by atoms with Crippen molar-refractivity contribution in [3.63, 3.8) is 0 Å². The van der Waals surface area contributed by atoms with Gasteiger partial charge in [-0.3, -0.25) is 4.79 Å². The Bertz CT molecular complexity index is 643. The summed E-state index contributed by atoms with van der Waals surface area (Å²) >= 11 is 0. The molecule has 0 saturated heterocycles. The first-order valence-electron chi connectivity index (χ1n) is 9.57. The van der Waals surface area contributed by atoms with Crippen molar-refractivity contribution in [1.29, 1.82) is 0 Å². The van der Waals surface area contributed by atoms with Gasteiger partial charge in [0.25, 0.3) is 0 Å². The molecule has 1 atom stereocenters. The lowest BCUT2D eigenvalue weighted by Crippen LogP contribution is -2.38. The van der Waals surface area contributed by atoms with Gasteiger partial charge in [-0.2, -0.15) is 0 Å². The molecule has 0 aromatic rings. The van der Waals surface area contributed by atoms with E-state index in [4.69, 9.17) is 5.73 Å². The Morgan fingerprint density at radius 1 is 1.27 bits per heavy atom. The van der Waals surface area contributed by atoms with Crippen LogP contribution in [0.2, 0.25) is 0 Å². The summed E-state index contributed by atoms with van der Waals surface area (Å²) in [5, 5.41) is 2.77. The number of carbonyl (C=O) groups excluding carboxylic acids is 1. The summed E-state index contributed by atoms with van der Waals surface area (Å²) in [6.07, 6.45) is 16.5. The van der Waals surface area contributed by atoms with Gasteiger partial charge in [-0.25, -0.2) is 0 Å².